The fourth-order valence-corrected chi connectivity index (χ4v) is 4.24. The molecule has 1 N–H and O–H groups in total. The highest BCUT2D eigenvalue weighted by atomic mass is 33.1. The SMILES string of the molecule is C=C1CN[C@H](C2OCCN2OCCSSc2ccccn2)C1. The molecule has 2 saturated heterocycles. The first-order chi connectivity index (χ1) is 10.8. The maximum atomic E-state index is 5.89. The van der Waals surface area contributed by atoms with E-state index in [1.807, 2.05) is 29.5 Å². The van der Waals surface area contributed by atoms with E-state index in [4.69, 9.17) is 9.57 Å². The van der Waals surface area contributed by atoms with Crippen molar-refractivity contribution < 1.29 is 9.57 Å². The molecule has 0 amide bonds. The van der Waals surface area contributed by atoms with Gasteiger partial charge < -0.3 is 10.1 Å². The van der Waals surface area contributed by atoms with Crippen molar-refractivity contribution in [1.29, 1.82) is 0 Å². The second-order valence-electron chi connectivity index (χ2n) is 5.25. The van der Waals surface area contributed by atoms with Crippen molar-refractivity contribution >= 4 is 21.6 Å². The van der Waals surface area contributed by atoms with Crippen LogP contribution in [0.4, 0.5) is 0 Å². The molecule has 22 heavy (non-hydrogen) atoms. The van der Waals surface area contributed by atoms with Crippen LogP contribution in [0, 0.1) is 0 Å². The van der Waals surface area contributed by atoms with Crippen molar-refractivity contribution in [1.82, 2.24) is 15.4 Å². The Labute approximate surface area is 139 Å². The third-order valence-corrected chi connectivity index (χ3v) is 5.79. The predicted molar refractivity (Wildman–Crippen MR) is 90.5 cm³/mol. The summed E-state index contributed by atoms with van der Waals surface area (Å²) in [5.74, 6) is 0.912. The molecule has 5 nitrogen and oxygen atoms in total. The largest absolute Gasteiger partial charge is 0.358 e. The number of nitrogens with one attached hydrogen (secondary N) is 1. The molecule has 1 unspecified atom stereocenters. The molecule has 1 aromatic heterocycles. The van der Waals surface area contributed by atoms with E-state index in [-0.39, 0.29) is 6.23 Å². The van der Waals surface area contributed by atoms with Crippen molar-refractivity contribution in [2.24, 2.45) is 0 Å². The van der Waals surface area contributed by atoms with E-state index in [0.717, 1.165) is 36.9 Å². The van der Waals surface area contributed by atoms with Gasteiger partial charge in [-0.1, -0.05) is 29.0 Å². The average Bonchev–Trinajstić information content (AvgIpc) is 3.16. The van der Waals surface area contributed by atoms with Gasteiger partial charge in [0.25, 0.3) is 0 Å². The molecule has 1 aromatic rings. The van der Waals surface area contributed by atoms with Gasteiger partial charge >= 0.3 is 0 Å². The summed E-state index contributed by atoms with van der Waals surface area (Å²) in [6.07, 6.45) is 2.79. The maximum absolute atomic E-state index is 5.89. The molecule has 2 aliphatic rings. The van der Waals surface area contributed by atoms with Gasteiger partial charge in [-0.3, -0.25) is 4.84 Å². The zero-order valence-electron chi connectivity index (χ0n) is 12.4. The minimum atomic E-state index is 0.00712. The van der Waals surface area contributed by atoms with Crippen LogP contribution in [-0.2, 0) is 9.57 Å². The van der Waals surface area contributed by atoms with E-state index in [1.54, 1.807) is 21.6 Å². The molecule has 2 atom stereocenters. The monoisotopic (exact) mass is 339 g/mol. The molecule has 0 saturated carbocycles. The third-order valence-electron chi connectivity index (χ3n) is 3.56. The van der Waals surface area contributed by atoms with Crippen LogP contribution in [-0.4, -0.2) is 54.4 Å². The van der Waals surface area contributed by atoms with Crippen LogP contribution >= 0.6 is 21.6 Å². The normalized spacial score (nSPS) is 25.9. The van der Waals surface area contributed by atoms with Crippen molar-refractivity contribution in [3.8, 4) is 0 Å². The lowest BCUT2D eigenvalue weighted by Crippen LogP contribution is -2.44. The standard InChI is InChI=1S/C15H21N3O2S2/c1-12-10-13(17-11-12)15-18(6-7-19-15)20-8-9-21-22-14-4-2-3-5-16-14/h2-5,13,15,17H,1,6-11H2/t13-,15?/m0/s1. The van der Waals surface area contributed by atoms with Crippen molar-refractivity contribution in [2.45, 2.75) is 23.7 Å². The summed E-state index contributed by atoms with van der Waals surface area (Å²) in [4.78, 5) is 10.2. The number of pyridine rings is 1. The van der Waals surface area contributed by atoms with E-state index in [2.05, 4.69) is 16.9 Å². The second-order valence-corrected chi connectivity index (χ2v) is 7.69. The number of nitrogens with zero attached hydrogens (tertiary/aromatic N) is 2. The van der Waals surface area contributed by atoms with E-state index >= 15 is 0 Å². The predicted octanol–water partition coefficient (Wildman–Crippen LogP) is 2.33. The van der Waals surface area contributed by atoms with Crippen molar-refractivity contribution in [3.05, 3.63) is 36.5 Å². The summed E-state index contributed by atoms with van der Waals surface area (Å²) < 4.78 is 5.80. The summed E-state index contributed by atoms with van der Waals surface area (Å²) in [6.45, 7) is 7.14. The zero-order chi connectivity index (χ0) is 15.2. The molecular weight excluding hydrogens is 318 g/mol. The minimum absolute atomic E-state index is 0.00712. The number of hydrogen-bond acceptors (Lipinski definition) is 7. The van der Waals surface area contributed by atoms with Crippen LogP contribution in [0.5, 0.6) is 0 Å². The van der Waals surface area contributed by atoms with E-state index < -0.39 is 0 Å². The van der Waals surface area contributed by atoms with E-state index in [0.29, 0.717) is 12.6 Å². The Bertz CT molecular complexity index is 489. The quantitative estimate of drug-likeness (QED) is 0.465. The number of hydroxylamine groups is 2. The molecule has 120 valence electrons. The van der Waals surface area contributed by atoms with Crippen LogP contribution in [0.25, 0.3) is 0 Å². The van der Waals surface area contributed by atoms with Crippen molar-refractivity contribution in [2.75, 3.05) is 32.1 Å². The highest BCUT2D eigenvalue weighted by Crippen LogP contribution is 2.29. The summed E-state index contributed by atoms with van der Waals surface area (Å²) >= 11 is 0. The highest BCUT2D eigenvalue weighted by molar-refractivity contribution is 8.76. The topological polar surface area (TPSA) is 46.6 Å². The summed E-state index contributed by atoms with van der Waals surface area (Å²) in [7, 11) is 3.44. The molecule has 7 heteroatoms. The molecule has 2 fully saturated rings. The van der Waals surface area contributed by atoms with Gasteiger partial charge in [0.2, 0.25) is 0 Å². The van der Waals surface area contributed by atoms with Crippen LogP contribution < -0.4 is 5.32 Å². The minimum Gasteiger partial charge on any atom is -0.358 e. The Kier molecular flexibility index (Phi) is 6.17. The molecule has 0 aliphatic carbocycles. The van der Waals surface area contributed by atoms with Gasteiger partial charge in [-0.25, -0.2) is 4.98 Å². The fraction of sp³-hybridized carbons (Fsp3) is 0.533. The van der Waals surface area contributed by atoms with Gasteiger partial charge in [0, 0.05) is 18.5 Å². The number of aromatic nitrogens is 1. The molecule has 0 aromatic carbocycles. The number of rotatable bonds is 7. The fourth-order valence-electron chi connectivity index (χ4n) is 2.55. The van der Waals surface area contributed by atoms with Crippen LogP contribution in [0.1, 0.15) is 6.42 Å². The summed E-state index contributed by atoms with van der Waals surface area (Å²) in [5.41, 5.74) is 1.24. The van der Waals surface area contributed by atoms with Crippen LogP contribution in [0.15, 0.2) is 41.6 Å². The molecule has 3 rings (SSSR count). The molecule has 3 heterocycles. The molecular formula is C15H21N3O2S2. The van der Waals surface area contributed by atoms with Gasteiger partial charge in [-0.2, -0.15) is 5.06 Å². The van der Waals surface area contributed by atoms with Crippen LogP contribution in [0.3, 0.4) is 0 Å². The van der Waals surface area contributed by atoms with Gasteiger partial charge in [0.15, 0.2) is 0 Å². The Morgan fingerprint density at radius 1 is 1.50 bits per heavy atom. The smallest absolute Gasteiger partial charge is 0.148 e. The molecule has 0 spiro atoms. The second kappa shape index (κ2) is 8.33. The Morgan fingerprint density at radius 2 is 2.45 bits per heavy atom. The summed E-state index contributed by atoms with van der Waals surface area (Å²) in [6, 6.07) is 6.24. The lowest BCUT2D eigenvalue weighted by atomic mass is 10.1. The molecule has 2 aliphatic heterocycles. The average molecular weight is 339 g/mol. The first kappa shape index (κ1) is 16.3. The first-order valence-corrected chi connectivity index (χ1v) is 9.76. The summed E-state index contributed by atoms with van der Waals surface area (Å²) in [5, 5.41) is 6.44. The van der Waals surface area contributed by atoms with E-state index in [1.165, 1.54) is 5.57 Å². The van der Waals surface area contributed by atoms with Gasteiger partial charge in [0.05, 0.1) is 25.8 Å². The lowest BCUT2D eigenvalue weighted by molar-refractivity contribution is -0.206. The Hall–Kier alpha value is -0.570. The Morgan fingerprint density at radius 3 is 3.23 bits per heavy atom. The highest BCUT2D eigenvalue weighted by Gasteiger charge is 2.36. The third kappa shape index (κ3) is 4.47. The number of ether oxygens (including phenoxy) is 1. The van der Waals surface area contributed by atoms with Crippen LogP contribution in [0.2, 0.25) is 0 Å². The van der Waals surface area contributed by atoms with E-state index in [9.17, 15) is 0 Å². The maximum Gasteiger partial charge on any atom is 0.148 e. The molecule has 0 radical (unpaired) electrons. The van der Waals surface area contributed by atoms with Gasteiger partial charge in [-0.15, -0.1) is 0 Å². The number of hydrogen-bond donors (Lipinski definition) is 1. The lowest BCUT2D eigenvalue weighted by Gasteiger charge is -2.26. The van der Waals surface area contributed by atoms with Crippen molar-refractivity contribution in [3.63, 3.8) is 0 Å². The molecule has 0 bridgehead atoms. The van der Waals surface area contributed by atoms with Gasteiger partial charge in [-0.05, 0) is 29.3 Å². The Balaban J connectivity index is 1.35. The van der Waals surface area contributed by atoms with Gasteiger partial charge in [0.1, 0.15) is 11.3 Å². The zero-order valence-corrected chi connectivity index (χ0v) is 14.1. The first-order valence-electron chi connectivity index (χ1n) is 7.44.